The fourth-order valence-electron chi connectivity index (χ4n) is 3.13. The minimum Gasteiger partial charge on any atom is -0.467 e. The summed E-state index contributed by atoms with van der Waals surface area (Å²) in [6.45, 7) is 1.89. The van der Waals surface area contributed by atoms with E-state index in [2.05, 4.69) is 5.32 Å². The number of ether oxygens (including phenoxy) is 2. The van der Waals surface area contributed by atoms with Crippen molar-refractivity contribution in [3.8, 4) is 0 Å². The number of benzene rings is 1. The van der Waals surface area contributed by atoms with Crippen LogP contribution in [0.2, 0.25) is 0 Å². The van der Waals surface area contributed by atoms with Gasteiger partial charge < -0.3 is 19.7 Å². The van der Waals surface area contributed by atoms with Crippen LogP contribution in [-0.2, 0) is 30.4 Å². The highest BCUT2D eigenvalue weighted by Crippen LogP contribution is 2.24. The van der Waals surface area contributed by atoms with Crippen LogP contribution < -0.4 is 5.32 Å². The second-order valence-corrected chi connectivity index (χ2v) is 6.56. The summed E-state index contributed by atoms with van der Waals surface area (Å²) in [6, 6.07) is 4.79. The predicted molar refractivity (Wildman–Crippen MR) is 95.0 cm³/mol. The van der Waals surface area contributed by atoms with Crippen LogP contribution in [0.3, 0.4) is 0 Å². The number of nitrogens with zero attached hydrogens (tertiary/aromatic N) is 1. The van der Waals surface area contributed by atoms with Gasteiger partial charge in [-0.05, 0) is 31.0 Å². The summed E-state index contributed by atoms with van der Waals surface area (Å²) >= 11 is 0. The Kier molecular flexibility index (Phi) is 7.29. The minimum atomic E-state index is -0.929. The number of nitrogens with one attached hydrogen (secondary N) is 1. The van der Waals surface area contributed by atoms with Crippen molar-refractivity contribution in [1.29, 1.82) is 0 Å². The molecule has 1 aromatic rings. The number of methoxy groups -OCH3 is 2. The molecule has 1 aliphatic rings. The molecule has 7 nitrogen and oxygen atoms in total. The average molecular weight is 380 g/mol. The highest BCUT2D eigenvalue weighted by molar-refractivity contribution is 5.86. The van der Waals surface area contributed by atoms with Gasteiger partial charge in [0.2, 0.25) is 11.8 Å². The van der Waals surface area contributed by atoms with Crippen molar-refractivity contribution in [2.45, 2.75) is 50.9 Å². The number of halogens is 1. The molecule has 0 bridgehead atoms. The van der Waals surface area contributed by atoms with Gasteiger partial charge in [-0.15, -0.1) is 0 Å². The number of hydrogen-bond acceptors (Lipinski definition) is 5. The van der Waals surface area contributed by atoms with E-state index in [0.29, 0.717) is 18.4 Å². The van der Waals surface area contributed by atoms with E-state index in [1.54, 1.807) is 24.0 Å². The van der Waals surface area contributed by atoms with Gasteiger partial charge in [0.05, 0.1) is 13.2 Å². The van der Waals surface area contributed by atoms with Crippen molar-refractivity contribution in [2.24, 2.45) is 0 Å². The van der Waals surface area contributed by atoms with Crippen LogP contribution in [0, 0.1) is 5.82 Å². The molecule has 0 saturated carbocycles. The Morgan fingerprint density at radius 2 is 2.11 bits per heavy atom. The minimum absolute atomic E-state index is 0.0466. The second-order valence-electron chi connectivity index (χ2n) is 6.56. The molecule has 0 unspecified atom stereocenters. The first-order valence-electron chi connectivity index (χ1n) is 8.79. The molecule has 1 N–H and O–H groups in total. The van der Waals surface area contributed by atoms with E-state index in [4.69, 9.17) is 9.47 Å². The van der Waals surface area contributed by atoms with Crippen LogP contribution >= 0.6 is 0 Å². The molecule has 1 saturated heterocycles. The first-order valence-corrected chi connectivity index (χ1v) is 8.79. The van der Waals surface area contributed by atoms with E-state index in [-0.39, 0.29) is 36.6 Å². The molecule has 8 heteroatoms. The van der Waals surface area contributed by atoms with Crippen LogP contribution in [0.5, 0.6) is 0 Å². The highest BCUT2D eigenvalue weighted by atomic mass is 19.1. The smallest absolute Gasteiger partial charge is 0.331 e. The van der Waals surface area contributed by atoms with E-state index in [9.17, 15) is 18.8 Å². The number of amides is 2. The SMILES string of the molecule is COC(=O)[C@@H](NC(=O)C[C@@H]1CCC(=O)N1Cc1cccc(F)c1)[C@@H](C)OC. The standard InChI is InChI=1S/C19H25FN2O5/c1-12(26-2)18(19(25)27-3)21-16(23)10-15-7-8-17(24)22(15)11-13-5-4-6-14(20)9-13/h4-6,9,12,15,18H,7-8,10-11H2,1-3H3,(H,21,23)/t12-,15+,18+/m1/s1. The third kappa shape index (κ3) is 5.50. The van der Waals surface area contributed by atoms with Crippen molar-refractivity contribution in [3.63, 3.8) is 0 Å². The maximum absolute atomic E-state index is 13.4. The van der Waals surface area contributed by atoms with Crippen molar-refractivity contribution in [3.05, 3.63) is 35.6 Å². The van der Waals surface area contributed by atoms with Crippen LogP contribution in [0.4, 0.5) is 4.39 Å². The zero-order valence-corrected chi connectivity index (χ0v) is 15.7. The zero-order chi connectivity index (χ0) is 20.0. The number of carbonyl (C=O) groups excluding carboxylic acids is 3. The molecule has 1 aromatic carbocycles. The van der Waals surface area contributed by atoms with Crippen LogP contribution in [0.25, 0.3) is 0 Å². The molecular formula is C19H25FN2O5. The quantitative estimate of drug-likeness (QED) is 0.689. The van der Waals surface area contributed by atoms with Crippen molar-refractivity contribution in [2.75, 3.05) is 14.2 Å². The van der Waals surface area contributed by atoms with Gasteiger partial charge in [0, 0.05) is 32.5 Å². The monoisotopic (exact) mass is 380 g/mol. The fourth-order valence-corrected chi connectivity index (χ4v) is 3.13. The predicted octanol–water partition coefficient (Wildman–Crippen LogP) is 1.40. The largest absolute Gasteiger partial charge is 0.467 e. The van der Waals surface area contributed by atoms with E-state index < -0.39 is 18.1 Å². The molecule has 0 spiro atoms. The maximum Gasteiger partial charge on any atom is 0.331 e. The van der Waals surface area contributed by atoms with E-state index in [0.717, 1.165) is 0 Å². The number of hydrogen-bond donors (Lipinski definition) is 1. The molecule has 2 amide bonds. The summed E-state index contributed by atoms with van der Waals surface area (Å²) in [4.78, 5) is 38.1. The fraction of sp³-hybridized carbons (Fsp3) is 0.526. The second kappa shape index (κ2) is 9.45. The van der Waals surface area contributed by atoms with E-state index in [1.165, 1.54) is 26.4 Å². The third-order valence-corrected chi connectivity index (χ3v) is 4.73. The summed E-state index contributed by atoms with van der Waals surface area (Å²) < 4.78 is 23.2. The Morgan fingerprint density at radius 1 is 1.37 bits per heavy atom. The molecular weight excluding hydrogens is 355 g/mol. The van der Waals surface area contributed by atoms with Crippen LogP contribution in [0.15, 0.2) is 24.3 Å². The lowest BCUT2D eigenvalue weighted by atomic mass is 10.1. The Balaban J connectivity index is 2.02. The summed E-state index contributed by atoms with van der Waals surface area (Å²) in [7, 11) is 2.67. The van der Waals surface area contributed by atoms with Gasteiger partial charge in [0.1, 0.15) is 5.82 Å². The van der Waals surface area contributed by atoms with Crippen LogP contribution in [0.1, 0.15) is 31.7 Å². The molecule has 3 atom stereocenters. The van der Waals surface area contributed by atoms with Crippen molar-refractivity contribution < 1.29 is 28.2 Å². The van der Waals surface area contributed by atoms with Gasteiger partial charge in [-0.25, -0.2) is 9.18 Å². The zero-order valence-electron chi connectivity index (χ0n) is 15.7. The summed E-state index contributed by atoms with van der Waals surface area (Å²) in [5.74, 6) is -1.43. The maximum atomic E-state index is 13.4. The number of likely N-dealkylation sites (tertiary alicyclic amines) is 1. The van der Waals surface area contributed by atoms with Gasteiger partial charge in [-0.1, -0.05) is 12.1 Å². The number of carbonyl (C=O) groups is 3. The van der Waals surface area contributed by atoms with Gasteiger partial charge in [-0.3, -0.25) is 9.59 Å². The summed E-state index contributed by atoms with van der Waals surface area (Å²) in [6.07, 6.45) is 0.354. The normalized spacial score (nSPS) is 18.9. The van der Waals surface area contributed by atoms with Crippen LogP contribution in [-0.4, -0.2) is 55.1 Å². The summed E-state index contributed by atoms with van der Waals surface area (Å²) in [5, 5.41) is 2.62. The van der Waals surface area contributed by atoms with Gasteiger partial charge in [-0.2, -0.15) is 0 Å². The molecule has 1 fully saturated rings. The van der Waals surface area contributed by atoms with Gasteiger partial charge >= 0.3 is 5.97 Å². The molecule has 148 valence electrons. The van der Waals surface area contributed by atoms with E-state index in [1.807, 2.05) is 0 Å². The first kappa shape index (κ1) is 20.8. The number of rotatable bonds is 8. The van der Waals surface area contributed by atoms with Crippen molar-refractivity contribution in [1.82, 2.24) is 10.2 Å². The molecule has 1 aliphatic heterocycles. The average Bonchev–Trinajstić information content (AvgIpc) is 2.98. The third-order valence-electron chi connectivity index (χ3n) is 4.73. The lowest BCUT2D eigenvalue weighted by Gasteiger charge is -2.26. The Labute approximate surface area is 157 Å². The topological polar surface area (TPSA) is 84.9 Å². The molecule has 2 rings (SSSR count). The lowest BCUT2D eigenvalue weighted by Crippen LogP contribution is -2.50. The van der Waals surface area contributed by atoms with Gasteiger partial charge in [0.15, 0.2) is 6.04 Å². The Bertz CT molecular complexity index is 696. The highest BCUT2D eigenvalue weighted by Gasteiger charge is 2.34. The lowest BCUT2D eigenvalue weighted by molar-refractivity contribution is -0.149. The molecule has 0 aliphatic carbocycles. The van der Waals surface area contributed by atoms with Gasteiger partial charge in [0.25, 0.3) is 0 Å². The summed E-state index contributed by atoms with van der Waals surface area (Å²) in [5.41, 5.74) is 0.663. The molecule has 0 radical (unpaired) electrons. The first-order chi connectivity index (χ1) is 12.8. The molecule has 0 aromatic heterocycles. The molecule has 27 heavy (non-hydrogen) atoms. The number of esters is 1. The van der Waals surface area contributed by atoms with E-state index >= 15 is 0 Å². The Hall–Kier alpha value is -2.48. The molecule has 1 heterocycles. The Morgan fingerprint density at radius 3 is 2.74 bits per heavy atom. The van der Waals surface area contributed by atoms with Crippen molar-refractivity contribution >= 4 is 17.8 Å².